The van der Waals surface area contributed by atoms with Crippen molar-refractivity contribution in [1.82, 2.24) is 10.3 Å². The van der Waals surface area contributed by atoms with Crippen LogP contribution in [0.3, 0.4) is 0 Å². The Labute approximate surface area is 175 Å². The number of nitrogens with zero attached hydrogens (tertiary/aromatic N) is 2. The predicted molar refractivity (Wildman–Crippen MR) is 109 cm³/mol. The van der Waals surface area contributed by atoms with E-state index >= 15 is 0 Å². The van der Waals surface area contributed by atoms with Crippen molar-refractivity contribution < 1.29 is 22.4 Å². The van der Waals surface area contributed by atoms with Crippen molar-refractivity contribution in [2.24, 2.45) is 0 Å². The minimum atomic E-state index is -4.85. The highest BCUT2D eigenvalue weighted by atomic mass is 32.1. The molecular formula is C21H19F4N3OS. The van der Waals surface area contributed by atoms with E-state index in [-0.39, 0.29) is 10.6 Å². The van der Waals surface area contributed by atoms with Gasteiger partial charge < -0.3 is 10.2 Å². The van der Waals surface area contributed by atoms with Crippen LogP contribution in [-0.2, 0) is 6.18 Å². The molecule has 1 heterocycles. The average molecular weight is 437 g/mol. The number of carbonyl (C=O) groups excluding carboxylic acids is 1. The topological polar surface area (TPSA) is 45.2 Å². The van der Waals surface area contributed by atoms with Crippen LogP contribution in [0.25, 0.3) is 10.6 Å². The molecule has 0 aliphatic heterocycles. The zero-order chi connectivity index (χ0) is 22.1. The maximum atomic E-state index is 14.0. The lowest BCUT2D eigenvalue weighted by Crippen LogP contribution is -2.28. The number of alkyl halides is 3. The van der Waals surface area contributed by atoms with E-state index in [4.69, 9.17) is 0 Å². The molecule has 0 radical (unpaired) electrons. The lowest BCUT2D eigenvalue weighted by Gasteiger charge is -2.18. The van der Waals surface area contributed by atoms with Gasteiger partial charge in [0.05, 0.1) is 6.04 Å². The molecule has 0 aliphatic rings. The molecule has 158 valence electrons. The van der Waals surface area contributed by atoms with Crippen LogP contribution in [0.1, 0.15) is 33.9 Å². The lowest BCUT2D eigenvalue weighted by atomic mass is 10.1. The van der Waals surface area contributed by atoms with Crippen molar-refractivity contribution in [2.75, 3.05) is 19.0 Å². The third-order valence-electron chi connectivity index (χ3n) is 4.44. The summed E-state index contributed by atoms with van der Waals surface area (Å²) >= 11 is 0.516. The standard InChI is InChI=1S/C21H19F4N3OS/c1-12(13-7-6-8-14(11-13)28(2)3)26-19(29)17-18(21(23,24)25)27-20(30-17)15-9-4-5-10-16(15)22/h4-12H,1-3H3,(H,26,29). The minimum Gasteiger partial charge on any atom is -0.378 e. The first-order chi connectivity index (χ1) is 14.1. The number of hydrogen-bond donors (Lipinski definition) is 1. The van der Waals surface area contributed by atoms with E-state index in [1.165, 1.54) is 18.2 Å². The molecule has 2 aromatic carbocycles. The zero-order valence-electron chi connectivity index (χ0n) is 16.4. The molecule has 0 spiro atoms. The Bertz CT molecular complexity index is 1060. The Morgan fingerprint density at radius 2 is 1.83 bits per heavy atom. The molecule has 1 aromatic heterocycles. The second-order valence-electron chi connectivity index (χ2n) is 6.86. The number of nitrogens with one attached hydrogen (secondary N) is 1. The van der Waals surface area contributed by atoms with E-state index in [1.54, 1.807) is 19.1 Å². The van der Waals surface area contributed by atoms with Gasteiger partial charge in [0.1, 0.15) is 15.7 Å². The molecule has 30 heavy (non-hydrogen) atoms. The SMILES string of the molecule is CC(NC(=O)c1sc(-c2ccccc2F)nc1C(F)(F)F)c1cccc(N(C)C)c1. The minimum absolute atomic E-state index is 0.0845. The summed E-state index contributed by atoms with van der Waals surface area (Å²) in [6.45, 7) is 1.68. The molecule has 0 aliphatic carbocycles. The maximum absolute atomic E-state index is 14.0. The summed E-state index contributed by atoms with van der Waals surface area (Å²) in [5.41, 5.74) is 0.224. The average Bonchev–Trinajstić information content (AvgIpc) is 3.14. The number of carbonyl (C=O) groups is 1. The Hall–Kier alpha value is -2.94. The normalized spacial score (nSPS) is 12.5. The molecule has 0 fully saturated rings. The van der Waals surface area contributed by atoms with E-state index in [0.717, 1.165) is 17.3 Å². The Kier molecular flexibility index (Phi) is 6.12. The van der Waals surface area contributed by atoms with E-state index < -0.39 is 34.5 Å². The van der Waals surface area contributed by atoms with Crippen LogP contribution in [0.5, 0.6) is 0 Å². The monoisotopic (exact) mass is 437 g/mol. The summed E-state index contributed by atoms with van der Waals surface area (Å²) in [6.07, 6.45) is -4.85. The molecule has 0 bridgehead atoms. The lowest BCUT2D eigenvalue weighted by molar-refractivity contribution is -0.141. The van der Waals surface area contributed by atoms with Crippen LogP contribution in [0.15, 0.2) is 48.5 Å². The first kappa shape index (κ1) is 21.8. The van der Waals surface area contributed by atoms with Gasteiger partial charge >= 0.3 is 6.18 Å². The van der Waals surface area contributed by atoms with Crippen LogP contribution in [0, 0.1) is 5.82 Å². The summed E-state index contributed by atoms with van der Waals surface area (Å²) < 4.78 is 54.5. The first-order valence-electron chi connectivity index (χ1n) is 8.99. The van der Waals surface area contributed by atoms with Gasteiger partial charge in [-0.3, -0.25) is 4.79 Å². The third-order valence-corrected chi connectivity index (χ3v) is 5.53. The van der Waals surface area contributed by atoms with Crippen molar-refractivity contribution in [3.63, 3.8) is 0 Å². The highest BCUT2D eigenvalue weighted by molar-refractivity contribution is 7.17. The van der Waals surface area contributed by atoms with Gasteiger partial charge in [0.25, 0.3) is 5.91 Å². The number of amides is 1. The predicted octanol–water partition coefficient (Wildman–Crippen LogP) is 5.53. The largest absolute Gasteiger partial charge is 0.435 e. The Morgan fingerprint density at radius 1 is 1.13 bits per heavy atom. The molecule has 3 rings (SSSR count). The maximum Gasteiger partial charge on any atom is 0.435 e. The fourth-order valence-electron chi connectivity index (χ4n) is 2.83. The molecule has 9 heteroatoms. The van der Waals surface area contributed by atoms with Gasteiger partial charge in [-0.1, -0.05) is 24.3 Å². The molecule has 1 atom stereocenters. The number of anilines is 1. The Balaban J connectivity index is 1.93. The Morgan fingerprint density at radius 3 is 2.47 bits per heavy atom. The fraction of sp³-hybridized carbons (Fsp3) is 0.238. The molecule has 4 nitrogen and oxygen atoms in total. The van der Waals surface area contributed by atoms with Crippen molar-refractivity contribution in [3.8, 4) is 10.6 Å². The molecule has 1 unspecified atom stereocenters. The summed E-state index contributed by atoms with van der Waals surface area (Å²) in [6, 6.07) is 12.1. The van der Waals surface area contributed by atoms with Gasteiger partial charge in [-0.05, 0) is 36.8 Å². The third kappa shape index (κ3) is 4.62. The number of rotatable bonds is 5. The van der Waals surface area contributed by atoms with Gasteiger partial charge in [-0.25, -0.2) is 9.37 Å². The first-order valence-corrected chi connectivity index (χ1v) is 9.80. The van der Waals surface area contributed by atoms with E-state index in [1.807, 2.05) is 31.1 Å². The van der Waals surface area contributed by atoms with Gasteiger partial charge in [-0.2, -0.15) is 13.2 Å². The second kappa shape index (κ2) is 8.43. The number of aromatic nitrogens is 1. The highest BCUT2D eigenvalue weighted by Gasteiger charge is 2.40. The molecule has 0 saturated heterocycles. The van der Waals surface area contributed by atoms with Gasteiger partial charge in [0, 0.05) is 25.3 Å². The number of hydrogen-bond acceptors (Lipinski definition) is 4. The summed E-state index contributed by atoms with van der Waals surface area (Å²) in [5.74, 6) is -1.62. The summed E-state index contributed by atoms with van der Waals surface area (Å²) in [5, 5.41) is 2.39. The summed E-state index contributed by atoms with van der Waals surface area (Å²) in [7, 11) is 3.72. The van der Waals surface area contributed by atoms with Gasteiger partial charge in [0.2, 0.25) is 0 Å². The second-order valence-corrected chi connectivity index (χ2v) is 7.86. The highest BCUT2D eigenvalue weighted by Crippen LogP contribution is 2.38. The van der Waals surface area contributed by atoms with E-state index in [2.05, 4.69) is 10.3 Å². The van der Waals surface area contributed by atoms with Crippen molar-refractivity contribution in [2.45, 2.75) is 19.1 Å². The van der Waals surface area contributed by atoms with Crippen molar-refractivity contribution in [1.29, 1.82) is 0 Å². The molecule has 3 aromatic rings. The molecular weight excluding hydrogens is 418 g/mol. The van der Waals surface area contributed by atoms with Crippen LogP contribution in [-0.4, -0.2) is 25.0 Å². The van der Waals surface area contributed by atoms with Gasteiger partial charge in [0.15, 0.2) is 5.69 Å². The van der Waals surface area contributed by atoms with Crippen LogP contribution >= 0.6 is 11.3 Å². The smallest absolute Gasteiger partial charge is 0.378 e. The molecule has 1 amide bonds. The van der Waals surface area contributed by atoms with Gasteiger partial charge in [-0.15, -0.1) is 11.3 Å². The van der Waals surface area contributed by atoms with Crippen molar-refractivity contribution >= 4 is 22.9 Å². The summed E-state index contributed by atoms with van der Waals surface area (Å²) in [4.78, 5) is 17.5. The van der Waals surface area contributed by atoms with Crippen LogP contribution in [0.4, 0.5) is 23.2 Å². The quantitative estimate of drug-likeness (QED) is 0.534. The fourth-order valence-corrected chi connectivity index (χ4v) is 3.85. The van der Waals surface area contributed by atoms with E-state index in [0.29, 0.717) is 11.3 Å². The number of halogens is 4. The van der Waals surface area contributed by atoms with Crippen LogP contribution in [0.2, 0.25) is 0 Å². The molecule has 0 saturated carbocycles. The van der Waals surface area contributed by atoms with Crippen LogP contribution < -0.4 is 10.2 Å². The number of thiazole rings is 1. The van der Waals surface area contributed by atoms with Crippen molar-refractivity contribution in [3.05, 3.63) is 70.5 Å². The van der Waals surface area contributed by atoms with E-state index in [9.17, 15) is 22.4 Å². The zero-order valence-corrected chi connectivity index (χ0v) is 17.2. The number of benzene rings is 2. The molecule has 1 N–H and O–H groups in total.